The van der Waals surface area contributed by atoms with Crippen molar-refractivity contribution in [2.45, 2.75) is 18.6 Å². The maximum absolute atomic E-state index is 12.6. The topological polar surface area (TPSA) is 26.0 Å². The monoisotopic (exact) mass is 349 g/mol. The van der Waals surface area contributed by atoms with Crippen LogP contribution in [0.2, 0.25) is 0 Å². The highest BCUT2D eigenvalue weighted by atomic mass is 79.9. The molecular weight excluding hydrogens is 339 g/mol. The fourth-order valence-corrected chi connectivity index (χ4v) is 3.00. The van der Waals surface area contributed by atoms with E-state index in [0.29, 0.717) is 12.0 Å². The Kier molecular flexibility index (Phi) is 4.32. The van der Waals surface area contributed by atoms with Crippen LogP contribution in [0.5, 0.6) is 0 Å². The van der Waals surface area contributed by atoms with E-state index in [1.807, 2.05) is 11.4 Å². The SMILES string of the molecule is NC(Cc1cccc(C(F)(F)F)c1)c1csc(Br)c1. The Morgan fingerprint density at radius 2 is 2.00 bits per heavy atom. The van der Waals surface area contributed by atoms with Crippen LogP contribution < -0.4 is 5.73 Å². The minimum absolute atomic E-state index is 0.300. The molecule has 0 saturated carbocycles. The highest BCUT2D eigenvalue weighted by Crippen LogP contribution is 2.31. The summed E-state index contributed by atoms with van der Waals surface area (Å²) >= 11 is 4.85. The van der Waals surface area contributed by atoms with Crippen LogP contribution in [0.4, 0.5) is 13.2 Å². The van der Waals surface area contributed by atoms with E-state index in [0.717, 1.165) is 21.5 Å². The van der Waals surface area contributed by atoms with Gasteiger partial charge in [0.2, 0.25) is 0 Å². The van der Waals surface area contributed by atoms with E-state index in [2.05, 4.69) is 15.9 Å². The normalized spacial score (nSPS) is 13.5. The Morgan fingerprint density at radius 3 is 2.58 bits per heavy atom. The van der Waals surface area contributed by atoms with Crippen molar-refractivity contribution >= 4 is 27.3 Å². The lowest BCUT2D eigenvalue weighted by Gasteiger charge is -2.12. The summed E-state index contributed by atoms with van der Waals surface area (Å²) in [5, 5.41) is 1.91. The Hall–Kier alpha value is -0.850. The molecular formula is C13H11BrF3NS. The predicted octanol–water partition coefficient (Wildman–Crippen LogP) is 4.77. The van der Waals surface area contributed by atoms with E-state index in [9.17, 15) is 13.2 Å². The molecule has 2 aromatic rings. The molecule has 1 aromatic heterocycles. The third-order valence-corrected chi connectivity index (χ3v) is 4.25. The predicted molar refractivity (Wildman–Crippen MR) is 74.1 cm³/mol. The maximum atomic E-state index is 12.6. The van der Waals surface area contributed by atoms with Gasteiger partial charge in [0.25, 0.3) is 0 Å². The molecule has 6 heteroatoms. The Balaban J connectivity index is 2.15. The van der Waals surface area contributed by atoms with E-state index in [1.165, 1.54) is 17.4 Å². The molecule has 0 spiro atoms. The first-order chi connectivity index (χ1) is 8.86. The first-order valence-corrected chi connectivity index (χ1v) is 7.19. The van der Waals surface area contributed by atoms with Crippen LogP contribution in [0.1, 0.15) is 22.7 Å². The lowest BCUT2D eigenvalue weighted by molar-refractivity contribution is -0.137. The van der Waals surface area contributed by atoms with Gasteiger partial charge in [0.1, 0.15) is 0 Å². The van der Waals surface area contributed by atoms with Gasteiger partial charge in [-0.1, -0.05) is 18.2 Å². The van der Waals surface area contributed by atoms with Crippen LogP contribution in [-0.2, 0) is 12.6 Å². The van der Waals surface area contributed by atoms with Crippen LogP contribution in [0.15, 0.2) is 39.5 Å². The second-order valence-electron chi connectivity index (χ2n) is 4.19. The smallest absolute Gasteiger partial charge is 0.324 e. The van der Waals surface area contributed by atoms with E-state index >= 15 is 0 Å². The second-order valence-corrected chi connectivity index (χ2v) is 6.48. The first kappa shape index (κ1) is 14.6. The lowest BCUT2D eigenvalue weighted by Crippen LogP contribution is -2.13. The van der Waals surface area contributed by atoms with Crippen LogP contribution in [0, 0.1) is 0 Å². The molecule has 0 radical (unpaired) electrons. The summed E-state index contributed by atoms with van der Waals surface area (Å²) in [5.41, 5.74) is 6.88. The lowest BCUT2D eigenvalue weighted by atomic mass is 10.0. The van der Waals surface area contributed by atoms with Crippen molar-refractivity contribution in [1.82, 2.24) is 0 Å². The van der Waals surface area contributed by atoms with Gasteiger partial charge in [-0.15, -0.1) is 11.3 Å². The molecule has 0 aliphatic rings. The fourth-order valence-electron chi connectivity index (χ4n) is 1.76. The molecule has 19 heavy (non-hydrogen) atoms. The molecule has 1 aromatic carbocycles. The molecule has 0 saturated heterocycles. The highest BCUT2D eigenvalue weighted by Gasteiger charge is 2.30. The molecule has 1 nitrogen and oxygen atoms in total. The summed E-state index contributed by atoms with van der Waals surface area (Å²) in [6.07, 6.45) is -3.93. The molecule has 2 rings (SSSR count). The number of thiophene rings is 1. The molecule has 0 aliphatic heterocycles. The van der Waals surface area contributed by atoms with Crippen LogP contribution in [-0.4, -0.2) is 0 Å². The van der Waals surface area contributed by atoms with Crippen LogP contribution in [0.25, 0.3) is 0 Å². The van der Waals surface area contributed by atoms with Gasteiger partial charge in [0.05, 0.1) is 9.35 Å². The third kappa shape index (κ3) is 3.81. The number of benzene rings is 1. The molecule has 0 fully saturated rings. The van der Waals surface area contributed by atoms with E-state index < -0.39 is 11.7 Å². The summed E-state index contributed by atoms with van der Waals surface area (Å²) in [5.74, 6) is 0. The van der Waals surface area contributed by atoms with E-state index in [4.69, 9.17) is 5.73 Å². The minimum Gasteiger partial charge on any atom is -0.324 e. The van der Waals surface area contributed by atoms with Crippen LogP contribution >= 0.6 is 27.3 Å². The zero-order valence-electron chi connectivity index (χ0n) is 9.75. The van der Waals surface area contributed by atoms with Gasteiger partial charge < -0.3 is 5.73 Å². The number of rotatable bonds is 3. The summed E-state index contributed by atoms with van der Waals surface area (Å²) in [6.45, 7) is 0. The van der Waals surface area contributed by atoms with Crippen LogP contribution in [0.3, 0.4) is 0 Å². The Morgan fingerprint density at radius 1 is 1.26 bits per heavy atom. The fraction of sp³-hybridized carbons (Fsp3) is 0.231. The van der Waals surface area contributed by atoms with Gasteiger partial charge in [0.15, 0.2) is 0 Å². The average molecular weight is 350 g/mol. The second kappa shape index (κ2) is 5.64. The quantitative estimate of drug-likeness (QED) is 0.848. The number of hydrogen-bond acceptors (Lipinski definition) is 2. The summed E-state index contributed by atoms with van der Waals surface area (Å²) in [7, 11) is 0. The number of nitrogens with two attached hydrogens (primary N) is 1. The minimum atomic E-state index is -4.31. The molecule has 1 heterocycles. The van der Waals surface area contributed by atoms with Gasteiger partial charge in [0, 0.05) is 6.04 Å². The molecule has 0 amide bonds. The van der Waals surface area contributed by atoms with Crippen molar-refractivity contribution in [3.05, 3.63) is 56.2 Å². The first-order valence-electron chi connectivity index (χ1n) is 5.52. The number of alkyl halides is 3. The average Bonchev–Trinajstić information content (AvgIpc) is 2.75. The standard InChI is InChI=1S/C13H11BrF3NS/c14-12-6-9(7-19-12)11(18)5-8-2-1-3-10(4-8)13(15,16)17/h1-4,6-7,11H,5,18H2. The molecule has 0 aliphatic carbocycles. The maximum Gasteiger partial charge on any atom is 0.416 e. The summed E-state index contributed by atoms with van der Waals surface area (Å²) < 4.78 is 38.7. The van der Waals surface area contributed by atoms with Gasteiger partial charge in [-0.2, -0.15) is 13.2 Å². The van der Waals surface area contributed by atoms with Gasteiger partial charge in [-0.25, -0.2) is 0 Å². The van der Waals surface area contributed by atoms with E-state index in [1.54, 1.807) is 6.07 Å². The van der Waals surface area contributed by atoms with Crippen molar-refractivity contribution in [3.63, 3.8) is 0 Å². The number of hydrogen-bond donors (Lipinski definition) is 1. The van der Waals surface area contributed by atoms with Crippen molar-refractivity contribution in [2.75, 3.05) is 0 Å². The molecule has 0 bridgehead atoms. The molecule has 2 N–H and O–H groups in total. The molecule has 1 atom stereocenters. The molecule has 1 unspecified atom stereocenters. The van der Waals surface area contributed by atoms with Gasteiger partial charge in [-0.05, 0) is 51.0 Å². The zero-order chi connectivity index (χ0) is 14.0. The third-order valence-electron chi connectivity index (χ3n) is 2.73. The zero-order valence-corrected chi connectivity index (χ0v) is 12.1. The van der Waals surface area contributed by atoms with E-state index in [-0.39, 0.29) is 6.04 Å². The molecule has 102 valence electrons. The van der Waals surface area contributed by atoms with Crippen molar-refractivity contribution in [3.8, 4) is 0 Å². The Bertz CT molecular complexity index is 565. The van der Waals surface area contributed by atoms with Crippen molar-refractivity contribution < 1.29 is 13.2 Å². The largest absolute Gasteiger partial charge is 0.416 e. The van der Waals surface area contributed by atoms with Crippen molar-refractivity contribution in [1.29, 1.82) is 0 Å². The van der Waals surface area contributed by atoms with Gasteiger partial charge >= 0.3 is 6.18 Å². The summed E-state index contributed by atoms with van der Waals surface area (Å²) in [6, 6.07) is 6.89. The summed E-state index contributed by atoms with van der Waals surface area (Å²) in [4.78, 5) is 0. The van der Waals surface area contributed by atoms with Gasteiger partial charge in [-0.3, -0.25) is 0 Å². The van der Waals surface area contributed by atoms with Crippen molar-refractivity contribution in [2.24, 2.45) is 5.73 Å². The highest BCUT2D eigenvalue weighted by molar-refractivity contribution is 9.11. The number of halogens is 4. The Labute approximate surface area is 121 Å².